The second kappa shape index (κ2) is 4.69. The van der Waals surface area contributed by atoms with E-state index in [1.807, 2.05) is 0 Å². The van der Waals surface area contributed by atoms with E-state index in [9.17, 15) is 4.79 Å². The maximum absolute atomic E-state index is 11.7. The van der Waals surface area contributed by atoms with Crippen LogP contribution in [-0.2, 0) is 19.0 Å². The van der Waals surface area contributed by atoms with Crippen LogP contribution in [0.5, 0.6) is 0 Å². The van der Waals surface area contributed by atoms with Gasteiger partial charge >= 0.3 is 5.97 Å². The standard InChI is InChI=1S/C9H14O5S/c10-1-2-12-8(11)7-5-15-6-9(7)13-3-4-14-9/h7,10H,1-6H2. The number of hydrogen-bond donors (Lipinski definition) is 1. The van der Waals surface area contributed by atoms with Gasteiger partial charge in [0.25, 0.3) is 0 Å². The first kappa shape index (κ1) is 11.2. The van der Waals surface area contributed by atoms with Gasteiger partial charge in [-0.05, 0) is 0 Å². The molecule has 0 bridgehead atoms. The maximum Gasteiger partial charge on any atom is 0.315 e. The Balaban J connectivity index is 1.98. The summed E-state index contributed by atoms with van der Waals surface area (Å²) >= 11 is 1.63. The molecule has 2 saturated heterocycles. The predicted molar refractivity (Wildman–Crippen MR) is 53.5 cm³/mol. The van der Waals surface area contributed by atoms with Crippen molar-refractivity contribution in [3.63, 3.8) is 0 Å². The highest BCUT2D eigenvalue weighted by atomic mass is 32.2. The molecule has 0 aliphatic carbocycles. The molecule has 0 amide bonds. The van der Waals surface area contributed by atoms with Gasteiger partial charge in [0, 0.05) is 11.5 Å². The van der Waals surface area contributed by atoms with Crippen molar-refractivity contribution in [2.75, 3.05) is 37.9 Å². The number of carbonyl (C=O) groups is 1. The van der Waals surface area contributed by atoms with Crippen molar-refractivity contribution in [2.45, 2.75) is 5.79 Å². The Kier molecular flexibility index (Phi) is 3.50. The van der Waals surface area contributed by atoms with Gasteiger partial charge in [0.1, 0.15) is 12.5 Å². The molecule has 0 aromatic carbocycles. The lowest BCUT2D eigenvalue weighted by Gasteiger charge is -2.26. The van der Waals surface area contributed by atoms with E-state index in [-0.39, 0.29) is 25.1 Å². The normalized spacial score (nSPS) is 28.5. The Morgan fingerprint density at radius 3 is 2.93 bits per heavy atom. The number of rotatable bonds is 3. The van der Waals surface area contributed by atoms with Gasteiger partial charge in [-0.15, -0.1) is 0 Å². The molecular formula is C9H14O5S. The smallest absolute Gasteiger partial charge is 0.315 e. The summed E-state index contributed by atoms with van der Waals surface area (Å²) in [5, 5.41) is 8.57. The number of thioether (sulfide) groups is 1. The minimum atomic E-state index is -0.767. The lowest BCUT2D eigenvalue weighted by Crippen LogP contribution is -2.43. The molecule has 2 aliphatic heterocycles. The van der Waals surface area contributed by atoms with Gasteiger partial charge in [0.2, 0.25) is 0 Å². The fraction of sp³-hybridized carbons (Fsp3) is 0.889. The number of ether oxygens (including phenoxy) is 3. The molecule has 1 atom stereocenters. The lowest BCUT2D eigenvalue weighted by molar-refractivity contribution is -0.191. The van der Waals surface area contributed by atoms with E-state index in [1.54, 1.807) is 11.8 Å². The quantitative estimate of drug-likeness (QED) is 0.672. The zero-order chi connectivity index (χ0) is 10.7. The molecule has 0 radical (unpaired) electrons. The van der Waals surface area contributed by atoms with Gasteiger partial charge in [-0.2, -0.15) is 11.8 Å². The summed E-state index contributed by atoms with van der Waals surface area (Å²) < 4.78 is 15.9. The number of aliphatic hydroxyl groups excluding tert-OH is 1. The van der Waals surface area contributed by atoms with Crippen LogP contribution in [0.2, 0.25) is 0 Å². The summed E-state index contributed by atoms with van der Waals surface area (Å²) in [6.07, 6.45) is 0. The molecule has 1 spiro atoms. The predicted octanol–water partition coefficient (Wildman–Crippen LogP) is -0.372. The van der Waals surface area contributed by atoms with Crippen LogP contribution in [0, 0.1) is 5.92 Å². The Morgan fingerprint density at radius 1 is 1.53 bits per heavy atom. The van der Waals surface area contributed by atoms with Crippen LogP contribution < -0.4 is 0 Å². The van der Waals surface area contributed by atoms with Crippen LogP contribution in [-0.4, -0.2) is 54.8 Å². The molecular weight excluding hydrogens is 220 g/mol. The molecule has 2 heterocycles. The molecule has 86 valence electrons. The van der Waals surface area contributed by atoms with E-state index in [0.717, 1.165) is 0 Å². The highest BCUT2D eigenvalue weighted by molar-refractivity contribution is 7.99. The van der Waals surface area contributed by atoms with Crippen LogP contribution in [0.25, 0.3) is 0 Å². The highest BCUT2D eigenvalue weighted by Crippen LogP contribution is 2.40. The zero-order valence-electron chi connectivity index (χ0n) is 8.31. The van der Waals surface area contributed by atoms with Crippen molar-refractivity contribution < 1.29 is 24.1 Å². The minimum Gasteiger partial charge on any atom is -0.463 e. The molecule has 6 heteroatoms. The van der Waals surface area contributed by atoms with Crippen LogP contribution >= 0.6 is 11.8 Å². The third-order valence-corrected chi connectivity index (χ3v) is 3.69. The van der Waals surface area contributed by atoms with E-state index in [4.69, 9.17) is 19.3 Å². The summed E-state index contributed by atoms with van der Waals surface area (Å²) in [6.45, 7) is 0.949. The molecule has 2 rings (SSSR count). The second-order valence-corrected chi connectivity index (χ2v) is 4.50. The number of esters is 1. The monoisotopic (exact) mass is 234 g/mol. The molecule has 5 nitrogen and oxygen atoms in total. The summed E-state index contributed by atoms with van der Waals surface area (Å²) in [5.41, 5.74) is 0. The third kappa shape index (κ3) is 2.13. The fourth-order valence-corrected chi connectivity index (χ4v) is 3.19. The maximum atomic E-state index is 11.7. The molecule has 1 unspecified atom stereocenters. The van der Waals surface area contributed by atoms with Crippen LogP contribution in [0.1, 0.15) is 0 Å². The van der Waals surface area contributed by atoms with E-state index >= 15 is 0 Å². The second-order valence-electron chi connectivity index (χ2n) is 3.47. The number of carbonyl (C=O) groups excluding carboxylic acids is 1. The average Bonchev–Trinajstić information content (AvgIpc) is 2.86. The van der Waals surface area contributed by atoms with Crippen molar-refractivity contribution in [1.82, 2.24) is 0 Å². The van der Waals surface area contributed by atoms with Gasteiger partial charge in [-0.3, -0.25) is 4.79 Å². The van der Waals surface area contributed by atoms with Gasteiger partial charge in [0.15, 0.2) is 5.79 Å². The Bertz CT molecular complexity index is 233. The van der Waals surface area contributed by atoms with Crippen molar-refractivity contribution >= 4 is 17.7 Å². The van der Waals surface area contributed by atoms with Gasteiger partial charge in [0.05, 0.1) is 19.8 Å². The molecule has 2 fully saturated rings. The van der Waals surface area contributed by atoms with Crippen molar-refractivity contribution in [3.8, 4) is 0 Å². The van der Waals surface area contributed by atoms with Gasteiger partial charge in [-0.1, -0.05) is 0 Å². The number of hydrogen-bond acceptors (Lipinski definition) is 6. The Hall–Kier alpha value is -0.300. The van der Waals surface area contributed by atoms with E-state index < -0.39 is 5.79 Å². The summed E-state index contributed by atoms with van der Waals surface area (Å²) in [5.74, 6) is -0.139. The SMILES string of the molecule is O=C(OCCO)C1CSCC12OCCO2. The summed E-state index contributed by atoms with van der Waals surface area (Å²) in [6, 6.07) is 0. The topological polar surface area (TPSA) is 65.0 Å². The van der Waals surface area contributed by atoms with Crippen LogP contribution in [0.15, 0.2) is 0 Å². The van der Waals surface area contributed by atoms with Crippen molar-refractivity contribution in [3.05, 3.63) is 0 Å². The fourth-order valence-electron chi connectivity index (χ4n) is 1.80. The summed E-state index contributed by atoms with van der Waals surface area (Å²) in [4.78, 5) is 11.7. The van der Waals surface area contributed by atoms with Crippen LogP contribution in [0.4, 0.5) is 0 Å². The molecule has 15 heavy (non-hydrogen) atoms. The molecule has 0 aromatic rings. The lowest BCUT2D eigenvalue weighted by atomic mass is 10.0. The van der Waals surface area contributed by atoms with E-state index in [1.165, 1.54) is 0 Å². The third-order valence-electron chi connectivity index (χ3n) is 2.51. The van der Waals surface area contributed by atoms with Gasteiger partial charge < -0.3 is 19.3 Å². The first-order valence-electron chi connectivity index (χ1n) is 4.92. The van der Waals surface area contributed by atoms with Crippen molar-refractivity contribution in [1.29, 1.82) is 0 Å². The van der Waals surface area contributed by atoms with Gasteiger partial charge in [-0.25, -0.2) is 0 Å². The average molecular weight is 234 g/mol. The van der Waals surface area contributed by atoms with Crippen molar-refractivity contribution in [2.24, 2.45) is 5.92 Å². The first-order valence-corrected chi connectivity index (χ1v) is 6.07. The Morgan fingerprint density at radius 2 is 2.27 bits per heavy atom. The van der Waals surface area contributed by atoms with Crippen LogP contribution in [0.3, 0.4) is 0 Å². The van der Waals surface area contributed by atoms with E-state index in [0.29, 0.717) is 24.7 Å². The molecule has 0 aromatic heterocycles. The molecule has 0 saturated carbocycles. The highest BCUT2D eigenvalue weighted by Gasteiger charge is 2.52. The molecule has 2 aliphatic rings. The van der Waals surface area contributed by atoms with E-state index in [2.05, 4.69) is 0 Å². The Labute approximate surface area is 92.1 Å². The first-order chi connectivity index (χ1) is 7.28. The molecule has 1 N–H and O–H groups in total. The largest absolute Gasteiger partial charge is 0.463 e. The number of aliphatic hydroxyl groups is 1. The zero-order valence-corrected chi connectivity index (χ0v) is 9.12. The summed E-state index contributed by atoms with van der Waals surface area (Å²) in [7, 11) is 0. The minimum absolute atomic E-state index is 0.0378.